The zero-order valence-electron chi connectivity index (χ0n) is 16.8. The summed E-state index contributed by atoms with van der Waals surface area (Å²) in [6.45, 7) is 2.76. The fourth-order valence-electron chi connectivity index (χ4n) is 4.13. The molecule has 2 saturated heterocycles. The zero-order valence-corrected chi connectivity index (χ0v) is 17.6. The number of amides is 1. The third-order valence-corrected chi connectivity index (χ3v) is 6.04. The van der Waals surface area contributed by atoms with Gasteiger partial charge in [-0.3, -0.25) is 4.79 Å². The second kappa shape index (κ2) is 8.90. The largest absolute Gasteiger partial charge is 0.416 e. The standard InChI is InChI=1S/C21H23ClF3N5O/c22-18-5-6-19(28-27-18)30-11-7-14(8-12-30)20(31)26-16-13-15(21(23,24)25)3-4-17(16)29-9-1-2-10-29/h3-6,13-14H,1-2,7-12H2,(H,26,31). The average molecular weight is 454 g/mol. The van der Waals surface area contributed by atoms with E-state index in [0.717, 1.165) is 38.1 Å². The first-order chi connectivity index (χ1) is 14.8. The fraction of sp³-hybridized carbons (Fsp3) is 0.476. The molecule has 3 heterocycles. The molecule has 1 amide bonds. The van der Waals surface area contributed by atoms with Gasteiger partial charge in [-0.15, -0.1) is 10.2 Å². The van der Waals surface area contributed by atoms with Crippen LogP contribution >= 0.6 is 11.6 Å². The molecule has 2 aromatic rings. The molecular weight excluding hydrogens is 431 g/mol. The van der Waals surface area contributed by atoms with Gasteiger partial charge in [0.25, 0.3) is 0 Å². The topological polar surface area (TPSA) is 61.4 Å². The van der Waals surface area contributed by atoms with Crippen LogP contribution in [0.25, 0.3) is 0 Å². The van der Waals surface area contributed by atoms with Crippen molar-refractivity contribution in [1.82, 2.24) is 10.2 Å². The van der Waals surface area contributed by atoms with Gasteiger partial charge in [0.15, 0.2) is 11.0 Å². The second-order valence-electron chi connectivity index (χ2n) is 7.89. The normalized spacial score (nSPS) is 17.8. The van der Waals surface area contributed by atoms with Gasteiger partial charge in [0.05, 0.1) is 16.9 Å². The molecule has 4 rings (SSSR count). The van der Waals surface area contributed by atoms with Gasteiger partial charge < -0.3 is 15.1 Å². The summed E-state index contributed by atoms with van der Waals surface area (Å²) in [7, 11) is 0. The first-order valence-electron chi connectivity index (χ1n) is 10.3. The summed E-state index contributed by atoms with van der Waals surface area (Å²) >= 11 is 5.77. The zero-order chi connectivity index (χ0) is 22.0. The number of anilines is 3. The van der Waals surface area contributed by atoms with Crippen LogP contribution in [0.5, 0.6) is 0 Å². The van der Waals surface area contributed by atoms with E-state index in [0.29, 0.717) is 42.6 Å². The van der Waals surface area contributed by atoms with Gasteiger partial charge >= 0.3 is 6.18 Å². The van der Waals surface area contributed by atoms with E-state index in [1.807, 2.05) is 9.80 Å². The van der Waals surface area contributed by atoms with Gasteiger partial charge in [-0.2, -0.15) is 13.2 Å². The van der Waals surface area contributed by atoms with Crippen LogP contribution in [-0.4, -0.2) is 42.3 Å². The maximum atomic E-state index is 13.2. The second-order valence-corrected chi connectivity index (χ2v) is 8.28. The number of carbonyl (C=O) groups excluding carboxylic acids is 1. The number of aromatic nitrogens is 2. The quantitative estimate of drug-likeness (QED) is 0.732. The van der Waals surface area contributed by atoms with Crippen molar-refractivity contribution < 1.29 is 18.0 Å². The molecule has 0 saturated carbocycles. The van der Waals surface area contributed by atoms with E-state index < -0.39 is 11.7 Å². The van der Waals surface area contributed by atoms with Crippen molar-refractivity contribution in [3.05, 3.63) is 41.0 Å². The van der Waals surface area contributed by atoms with E-state index >= 15 is 0 Å². The molecule has 10 heteroatoms. The van der Waals surface area contributed by atoms with E-state index in [1.54, 1.807) is 12.1 Å². The van der Waals surface area contributed by atoms with Crippen molar-refractivity contribution in [3.8, 4) is 0 Å². The molecule has 2 aliphatic heterocycles. The van der Waals surface area contributed by atoms with Crippen LogP contribution in [-0.2, 0) is 11.0 Å². The molecule has 1 aromatic heterocycles. The Hall–Kier alpha value is -2.55. The highest BCUT2D eigenvalue weighted by Crippen LogP contribution is 2.37. The van der Waals surface area contributed by atoms with Crippen molar-refractivity contribution in [3.63, 3.8) is 0 Å². The van der Waals surface area contributed by atoms with Gasteiger partial charge in [-0.1, -0.05) is 11.6 Å². The molecule has 166 valence electrons. The summed E-state index contributed by atoms with van der Waals surface area (Å²) in [5, 5.41) is 11.0. The third kappa shape index (κ3) is 5.03. The monoisotopic (exact) mass is 453 g/mol. The summed E-state index contributed by atoms with van der Waals surface area (Å²) in [6.07, 6.45) is -1.34. The summed E-state index contributed by atoms with van der Waals surface area (Å²) in [6, 6.07) is 7.03. The van der Waals surface area contributed by atoms with Crippen LogP contribution in [0.2, 0.25) is 5.15 Å². The number of nitrogens with one attached hydrogen (secondary N) is 1. The molecule has 0 bridgehead atoms. The van der Waals surface area contributed by atoms with Crippen molar-refractivity contribution in [2.45, 2.75) is 31.9 Å². The van der Waals surface area contributed by atoms with Crippen molar-refractivity contribution in [2.75, 3.05) is 41.3 Å². The maximum Gasteiger partial charge on any atom is 0.416 e. The number of halogens is 4. The number of nitrogens with zero attached hydrogens (tertiary/aromatic N) is 4. The predicted molar refractivity (Wildman–Crippen MR) is 113 cm³/mol. The Kier molecular flexibility index (Phi) is 6.22. The van der Waals surface area contributed by atoms with Gasteiger partial charge in [0, 0.05) is 32.1 Å². The number of benzene rings is 1. The highest BCUT2D eigenvalue weighted by Gasteiger charge is 2.33. The van der Waals surface area contributed by atoms with Crippen molar-refractivity contribution in [2.24, 2.45) is 5.92 Å². The Labute approximate surface area is 183 Å². The molecule has 0 spiro atoms. The van der Waals surface area contributed by atoms with E-state index in [2.05, 4.69) is 15.5 Å². The Morgan fingerprint density at radius 2 is 1.71 bits per heavy atom. The van der Waals surface area contributed by atoms with Crippen LogP contribution in [0.15, 0.2) is 30.3 Å². The molecule has 1 aromatic carbocycles. The average Bonchev–Trinajstić information content (AvgIpc) is 3.28. The SMILES string of the molecule is O=C(Nc1cc(C(F)(F)F)ccc1N1CCCC1)C1CCN(c2ccc(Cl)nn2)CC1. The minimum atomic E-state index is -4.46. The van der Waals surface area contributed by atoms with Crippen LogP contribution in [0, 0.1) is 5.92 Å². The van der Waals surface area contributed by atoms with Gasteiger partial charge in [-0.25, -0.2) is 0 Å². The van der Waals surface area contributed by atoms with Crippen molar-refractivity contribution in [1.29, 1.82) is 0 Å². The first kappa shape index (κ1) is 21.7. The maximum absolute atomic E-state index is 13.2. The molecule has 31 heavy (non-hydrogen) atoms. The van der Waals surface area contributed by atoms with Crippen LogP contribution in [0.4, 0.5) is 30.4 Å². The lowest BCUT2D eigenvalue weighted by molar-refractivity contribution is -0.137. The predicted octanol–water partition coefficient (Wildman–Crippen LogP) is 4.60. The lowest BCUT2D eigenvalue weighted by Gasteiger charge is -2.32. The Morgan fingerprint density at radius 3 is 2.32 bits per heavy atom. The molecule has 1 N–H and O–H groups in total. The van der Waals surface area contributed by atoms with Crippen LogP contribution < -0.4 is 15.1 Å². The van der Waals surface area contributed by atoms with E-state index in [1.165, 1.54) is 6.07 Å². The summed E-state index contributed by atoms with van der Waals surface area (Å²) in [5.74, 6) is 0.163. The lowest BCUT2D eigenvalue weighted by Crippen LogP contribution is -2.38. The number of carbonyl (C=O) groups is 1. The van der Waals surface area contributed by atoms with Crippen LogP contribution in [0.3, 0.4) is 0 Å². The van der Waals surface area contributed by atoms with E-state index in [9.17, 15) is 18.0 Å². The molecule has 6 nitrogen and oxygen atoms in total. The van der Waals surface area contributed by atoms with Gasteiger partial charge in [0.2, 0.25) is 5.91 Å². The number of alkyl halides is 3. The molecule has 0 radical (unpaired) electrons. The number of hydrogen-bond donors (Lipinski definition) is 1. The fourth-order valence-corrected chi connectivity index (χ4v) is 4.23. The molecule has 0 unspecified atom stereocenters. The Morgan fingerprint density at radius 1 is 1.00 bits per heavy atom. The lowest BCUT2D eigenvalue weighted by atomic mass is 9.95. The molecule has 2 aliphatic rings. The Balaban J connectivity index is 1.45. The van der Waals surface area contributed by atoms with E-state index in [-0.39, 0.29) is 17.5 Å². The van der Waals surface area contributed by atoms with Crippen LogP contribution in [0.1, 0.15) is 31.2 Å². The van der Waals surface area contributed by atoms with Crippen molar-refractivity contribution >= 4 is 34.7 Å². The third-order valence-electron chi connectivity index (χ3n) is 5.84. The Bertz CT molecular complexity index is 924. The summed E-state index contributed by atoms with van der Waals surface area (Å²) < 4.78 is 39.7. The minimum Gasteiger partial charge on any atom is -0.370 e. The number of rotatable bonds is 4. The minimum absolute atomic E-state index is 0.229. The molecular formula is C21H23ClF3N5O. The number of piperidine rings is 1. The van der Waals surface area contributed by atoms with E-state index in [4.69, 9.17) is 11.6 Å². The van der Waals surface area contributed by atoms with Gasteiger partial charge in [0.1, 0.15) is 0 Å². The smallest absolute Gasteiger partial charge is 0.370 e. The highest BCUT2D eigenvalue weighted by molar-refractivity contribution is 6.29. The first-order valence-corrected chi connectivity index (χ1v) is 10.7. The molecule has 0 aliphatic carbocycles. The summed E-state index contributed by atoms with van der Waals surface area (Å²) in [4.78, 5) is 17.0. The van der Waals surface area contributed by atoms with Gasteiger partial charge in [-0.05, 0) is 56.0 Å². The molecule has 2 fully saturated rings. The summed E-state index contributed by atoms with van der Waals surface area (Å²) in [5.41, 5.74) is 0.113. The molecule has 0 atom stereocenters. The highest BCUT2D eigenvalue weighted by atomic mass is 35.5. The number of hydrogen-bond acceptors (Lipinski definition) is 5.